The number of aromatic nitrogens is 1. The van der Waals surface area contributed by atoms with Gasteiger partial charge in [0.05, 0.1) is 6.20 Å². The van der Waals surface area contributed by atoms with E-state index in [9.17, 15) is 9.18 Å². The molecule has 0 atom stereocenters. The van der Waals surface area contributed by atoms with Crippen molar-refractivity contribution in [1.82, 2.24) is 10.3 Å². The van der Waals surface area contributed by atoms with Crippen LogP contribution in [0.3, 0.4) is 0 Å². The minimum Gasteiger partial charge on any atom is -0.354 e. The number of hydrogen-bond donors (Lipinski definition) is 1. The molecule has 0 aliphatic carbocycles. The Morgan fingerprint density at radius 2 is 2.17 bits per heavy atom. The molecule has 1 aromatic carbocycles. The van der Waals surface area contributed by atoms with Gasteiger partial charge in [-0.25, -0.2) is 9.37 Å². The summed E-state index contributed by atoms with van der Waals surface area (Å²) in [6, 6.07) is 6.48. The van der Waals surface area contributed by atoms with E-state index in [1.165, 1.54) is 23.6 Å². The summed E-state index contributed by atoms with van der Waals surface area (Å²) in [5.74, 6) is -0.449. The van der Waals surface area contributed by atoms with E-state index in [0.29, 0.717) is 15.4 Å². The Morgan fingerprint density at radius 3 is 2.89 bits per heavy atom. The van der Waals surface area contributed by atoms with Crippen LogP contribution < -0.4 is 5.32 Å². The average Bonchev–Trinajstić information content (AvgIpc) is 2.86. The van der Waals surface area contributed by atoms with Crippen LogP contribution in [0.4, 0.5) is 4.39 Å². The Bertz CT molecular complexity index is 592. The predicted molar refractivity (Wildman–Crippen MR) is 70.8 cm³/mol. The standard InChI is InChI=1S/C13H11FN2OS/c1-15-13(17)11-8-16-12(18-11)7-6-9-4-2-3-5-10(9)14/h2-8H,1H3,(H,15,17)/b7-6+. The molecule has 0 spiro atoms. The molecule has 2 aromatic rings. The fourth-order valence-corrected chi connectivity index (χ4v) is 2.13. The number of thiazole rings is 1. The highest BCUT2D eigenvalue weighted by molar-refractivity contribution is 7.14. The zero-order valence-electron chi connectivity index (χ0n) is 9.68. The maximum absolute atomic E-state index is 13.3. The summed E-state index contributed by atoms with van der Waals surface area (Å²) in [6.45, 7) is 0. The van der Waals surface area contributed by atoms with Gasteiger partial charge in [-0.3, -0.25) is 4.79 Å². The second kappa shape index (κ2) is 5.55. The number of carbonyl (C=O) groups excluding carboxylic acids is 1. The van der Waals surface area contributed by atoms with Gasteiger partial charge >= 0.3 is 0 Å². The van der Waals surface area contributed by atoms with Crippen molar-refractivity contribution in [2.24, 2.45) is 0 Å². The van der Waals surface area contributed by atoms with Gasteiger partial charge in [0.15, 0.2) is 0 Å². The summed E-state index contributed by atoms with van der Waals surface area (Å²) >= 11 is 1.26. The van der Waals surface area contributed by atoms with Crippen molar-refractivity contribution in [2.45, 2.75) is 0 Å². The first-order valence-corrected chi connectivity index (χ1v) is 6.13. The van der Waals surface area contributed by atoms with Crippen molar-refractivity contribution < 1.29 is 9.18 Å². The highest BCUT2D eigenvalue weighted by Gasteiger charge is 2.06. The second-order valence-electron chi connectivity index (χ2n) is 3.50. The van der Waals surface area contributed by atoms with Gasteiger partial charge in [-0.15, -0.1) is 11.3 Å². The largest absolute Gasteiger partial charge is 0.354 e. The van der Waals surface area contributed by atoms with Gasteiger partial charge in [-0.05, 0) is 18.2 Å². The predicted octanol–water partition coefficient (Wildman–Crippen LogP) is 2.81. The number of benzene rings is 1. The smallest absolute Gasteiger partial charge is 0.262 e. The Hall–Kier alpha value is -2.01. The first-order chi connectivity index (χ1) is 8.70. The Morgan fingerprint density at radius 1 is 1.39 bits per heavy atom. The molecule has 3 nitrogen and oxygen atoms in total. The Kier molecular flexibility index (Phi) is 3.84. The molecule has 0 aliphatic rings. The zero-order chi connectivity index (χ0) is 13.0. The highest BCUT2D eigenvalue weighted by Crippen LogP contribution is 2.16. The number of amides is 1. The molecule has 1 N–H and O–H groups in total. The quantitative estimate of drug-likeness (QED) is 0.924. The number of nitrogens with zero attached hydrogens (tertiary/aromatic N) is 1. The molecule has 0 saturated heterocycles. The third kappa shape index (κ3) is 2.81. The number of carbonyl (C=O) groups is 1. The number of rotatable bonds is 3. The van der Waals surface area contributed by atoms with Crippen molar-refractivity contribution in [3.05, 3.63) is 51.7 Å². The summed E-state index contributed by atoms with van der Waals surface area (Å²) in [5.41, 5.74) is 0.495. The molecular formula is C13H11FN2OS. The van der Waals surface area contributed by atoms with E-state index < -0.39 is 0 Å². The number of halogens is 1. The van der Waals surface area contributed by atoms with Crippen LogP contribution in [0.5, 0.6) is 0 Å². The van der Waals surface area contributed by atoms with Crippen molar-refractivity contribution in [2.75, 3.05) is 7.05 Å². The second-order valence-corrected chi connectivity index (χ2v) is 4.56. The van der Waals surface area contributed by atoms with Crippen LogP contribution in [-0.2, 0) is 0 Å². The number of hydrogen-bond acceptors (Lipinski definition) is 3. The van der Waals surface area contributed by atoms with Crippen LogP contribution in [0.1, 0.15) is 20.2 Å². The Balaban J connectivity index is 2.17. The van der Waals surface area contributed by atoms with Crippen molar-refractivity contribution >= 4 is 29.4 Å². The SMILES string of the molecule is CNC(=O)c1cnc(/C=C/c2ccccc2F)s1. The molecule has 92 valence electrons. The van der Waals surface area contributed by atoms with Gasteiger partial charge in [0, 0.05) is 12.6 Å². The molecule has 0 unspecified atom stereocenters. The lowest BCUT2D eigenvalue weighted by Crippen LogP contribution is -2.16. The summed E-state index contributed by atoms with van der Waals surface area (Å²) in [4.78, 5) is 15.9. The van der Waals surface area contributed by atoms with E-state index in [4.69, 9.17) is 0 Å². The highest BCUT2D eigenvalue weighted by atomic mass is 32.1. The summed E-state index contributed by atoms with van der Waals surface area (Å²) in [5, 5.41) is 3.19. The molecule has 0 aliphatic heterocycles. The molecule has 0 bridgehead atoms. The molecule has 5 heteroatoms. The van der Waals surface area contributed by atoms with Gasteiger partial charge in [0.25, 0.3) is 5.91 Å². The molecule has 1 amide bonds. The molecule has 1 aromatic heterocycles. The van der Waals surface area contributed by atoms with Gasteiger partial charge in [-0.2, -0.15) is 0 Å². The third-order valence-corrected chi connectivity index (χ3v) is 3.25. The molecule has 0 fully saturated rings. The number of nitrogens with one attached hydrogen (secondary N) is 1. The van der Waals surface area contributed by atoms with E-state index >= 15 is 0 Å². The minimum absolute atomic E-state index is 0.168. The van der Waals surface area contributed by atoms with E-state index in [-0.39, 0.29) is 11.7 Å². The third-order valence-electron chi connectivity index (χ3n) is 2.29. The molecular weight excluding hydrogens is 251 g/mol. The first-order valence-electron chi connectivity index (χ1n) is 5.31. The van der Waals surface area contributed by atoms with Gasteiger partial charge < -0.3 is 5.32 Å². The van der Waals surface area contributed by atoms with Crippen LogP contribution in [0.25, 0.3) is 12.2 Å². The maximum atomic E-state index is 13.3. The lowest BCUT2D eigenvalue weighted by atomic mass is 10.2. The summed E-state index contributed by atoms with van der Waals surface area (Å²) < 4.78 is 13.3. The van der Waals surface area contributed by atoms with E-state index in [2.05, 4.69) is 10.3 Å². The van der Waals surface area contributed by atoms with Crippen LogP contribution in [0.15, 0.2) is 30.5 Å². The molecule has 0 saturated carbocycles. The summed E-state index contributed by atoms with van der Waals surface area (Å²) in [6.07, 6.45) is 4.84. The van der Waals surface area contributed by atoms with Gasteiger partial charge in [0.1, 0.15) is 15.7 Å². The maximum Gasteiger partial charge on any atom is 0.262 e. The van der Waals surface area contributed by atoms with Crippen LogP contribution in [-0.4, -0.2) is 17.9 Å². The lowest BCUT2D eigenvalue weighted by Gasteiger charge is -1.93. The van der Waals surface area contributed by atoms with Crippen LogP contribution in [0.2, 0.25) is 0 Å². The fourth-order valence-electron chi connectivity index (χ4n) is 1.36. The average molecular weight is 262 g/mol. The fraction of sp³-hybridized carbons (Fsp3) is 0.0769. The van der Waals surface area contributed by atoms with Gasteiger partial charge in [0.2, 0.25) is 0 Å². The topological polar surface area (TPSA) is 42.0 Å². The van der Waals surface area contributed by atoms with E-state index in [0.717, 1.165) is 0 Å². The molecule has 18 heavy (non-hydrogen) atoms. The lowest BCUT2D eigenvalue weighted by molar-refractivity contribution is 0.0967. The van der Waals surface area contributed by atoms with Crippen molar-refractivity contribution in [3.8, 4) is 0 Å². The van der Waals surface area contributed by atoms with Crippen molar-refractivity contribution in [3.63, 3.8) is 0 Å². The Labute approximate surface area is 108 Å². The minimum atomic E-state index is -0.281. The summed E-state index contributed by atoms with van der Waals surface area (Å²) in [7, 11) is 1.57. The first kappa shape index (κ1) is 12.4. The zero-order valence-corrected chi connectivity index (χ0v) is 10.5. The van der Waals surface area contributed by atoms with Gasteiger partial charge in [-0.1, -0.05) is 18.2 Å². The molecule has 0 radical (unpaired) electrons. The monoisotopic (exact) mass is 262 g/mol. The van der Waals surface area contributed by atoms with E-state index in [1.807, 2.05) is 0 Å². The van der Waals surface area contributed by atoms with Crippen molar-refractivity contribution in [1.29, 1.82) is 0 Å². The van der Waals surface area contributed by atoms with E-state index in [1.54, 1.807) is 37.4 Å². The van der Waals surface area contributed by atoms with Crippen LogP contribution in [0, 0.1) is 5.82 Å². The molecule has 1 heterocycles. The molecule has 2 rings (SSSR count). The van der Waals surface area contributed by atoms with Crippen LogP contribution >= 0.6 is 11.3 Å². The normalized spacial score (nSPS) is 10.8.